The summed E-state index contributed by atoms with van der Waals surface area (Å²) in [6, 6.07) is 3.96. The number of carbonyl (C=O) groups excluding carboxylic acids is 1. The monoisotopic (exact) mass is 330 g/mol. The lowest BCUT2D eigenvalue weighted by Gasteiger charge is -2.38. The van der Waals surface area contributed by atoms with Gasteiger partial charge in [0.25, 0.3) is 0 Å². The van der Waals surface area contributed by atoms with Crippen molar-refractivity contribution in [3.63, 3.8) is 0 Å². The second kappa shape index (κ2) is 6.81. The van der Waals surface area contributed by atoms with E-state index in [4.69, 9.17) is 9.47 Å². The van der Waals surface area contributed by atoms with Crippen LogP contribution in [-0.4, -0.2) is 47.2 Å². The van der Waals surface area contributed by atoms with E-state index < -0.39 is 0 Å². The zero-order valence-corrected chi connectivity index (χ0v) is 14.2. The third kappa shape index (κ3) is 3.78. The first-order chi connectivity index (χ1) is 11.7. The highest BCUT2D eigenvalue weighted by Gasteiger charge is 2.44. The zero-order chi connectivity index (χ0) is 16.4. The van der Waals surface area contributed by atoms with Crippen LogP contribution >= 0.6 is 0 Å². The second-order valence-corrected chi connectivity index (χ2v) is 7.51. The summed E-state index contributed by atoms with van der Waals surface area (Å²) in [4.78, 5) is 18.3. The van der Waals surface area contributed by atoms with Gasteiger partial charge in [0.05, 0.1) is 24.9 Å². The maximum absolute atomic E-state index is 12.2. The standard InChI is InChI=1S/C19H26N2O3/c22-18(11-15-1-2-15)21-9-5-19(6-10-21)12-17(14-24-19)23-13-16-3-7-20-8-4-16/h3-4,7-8,15,17H,1-2,5-6,9-14H2/t17-/m0/s1. The first-order valence-electron chi connectivity index (χ1n) is 9.15. The molecule has 5 nitrogen and oxygen atoms in total. The summed E-state index contributed by atoms with van der Waals surface area (Å²) in [5.74, 6) is 1.01. The Morgan fingerprint density at radius 2 is 2.04 bits per heavy atom. The third-order valence-electron chi connectivity index (χ3n) is 5.60. The summed E-state index contributed by atoms with van der Waals surface area (Å²) in [6.07, 6.45) is 9.81. The van der Waals surface area contributed by atoms with Gasteiger partial charge >= 0.3 is 0 Å². The van der Waals surface area contributed by atoms with Crippen LogP contribution in [0.3, 0.4) is 0 Å². The average Bonchev–Trinajstić information content (AvgIpc) is 3.35. The number of nitrogens with zero attached hydrogens (tertiary/aromatic N) is 2. The molecule has 3 aliphatic rings. The number of pyridine rings is 1. The Morgan fingerprint density at radius 3 is 2.75 bits per heavy atom. The van der Waals surface area contributed by atoms with E-state index in [-0.39, 0.29) is 11.7 Å². The molecule has 1 spiro atoms. The van der Waals surface area contributed by atoms with Gasteiger partial charge in [0.2, 0.25) is 5.91 Å². The van der Waals surface area contributed by atoms with Gasteiger partial charge in [-0.1, -0.05) is 0 Å². The summed E-state index contributed by atoms with van der Waals surface area (Å²) in [5, 5.41) is 0. The van der Waals surface area contributed by atoms with Gasteiger partial charge in [0.1, 0.15) is 0 Å². The summed E-state index contributed by atoms with van der Waals surface area (Å²) < 4.78 is 12.1. The van der Waals surface area contributed by atoms with Crippen molar-refractivity contribution in [2.24, 2.45) is 5.92 Å². The van der Waals surface area contributed by atoms with Crippen LogP contribution in [0.5, 0.6) is 0 Å². The number of aromatic nitrogens is 1. The third-order valence-corrected chi connectivity index (χ3v) is 5.60. The minimum Gasteiger partial charge on any atom is -0.372 e. The molecule has 1 aliphatic carbocycles. The topological polar surface area (TPSA) is 51.7 Å². The molecule has 4 rings (SSSR count). The molecule has 130 valence electrons. The molecule has 1 aromatic heterocycles. The molecule has 2 saturated heterocycles. The number of ether oxygens (including phenoxy) is 2. The molecule has 0 aromatic carbocycles. The van der Waals surface area contributed by atoms with Crippen LogP contribution < -0.4 is 0 Å². The molecule has 1 atom stereocenters. The van der Waals surface area contributed by atoms with E-state index in [0.29, 0.717) is 25.0 Å². The van der Waals surface area contributed by atoms with E-state index in [1.807, 2.05) is 17.0 Å². The SMILES string of the molecule is O=C(CC1CC1)N1CCC2(CC1)C[C@H](OCc1ccncc1)CO2. The maximum atomic E-state index is 12.2. The minimum atomic E-state index is -0.0702. The maximum Gasteiger partial charge on any atom is 0.222 e. The van der Waals surface area contributed by atoms with Crippen molar-refractivity contribution in [3.05, 3.63) is 30.1 Å². The summed E-state index contributed by atoms with van der Waals surface area (Å²) in [5.41, 5.74) is 1.07. The van der Waals surface area contributed by atoms with Crippen molar-refractivity contribution in [1.82, 2.24) is 9.88 Å². The van der Waals surface area contributed by atoms with Crippen molar-refractivity contribution in [2.75, 3.05) is 19.7 Å². The second-order valence-electron chi connectivity index (χ2n) is 7.51. The first-order valence-corrected chi connectivity index (χ1v) is 9.15. The van der Waals surface area contributed by atoms with Gasteiger partial charge in [-0.3, -0.25) is 9.78 Å². The molecule has 1 amide bonds. The van der Waals surface area contributed by atoms with Crippen LogP contribution in [0.4, 0.5) is 0 Å². The molecule has 2 aliphatic heterocycles. The molecule has 5 heteroatoms. The Hall–Kier alpha value is -1.46. The fourth-order valence-electron chi connectivity index (χ4n) is 3.81. The van der Waals surface area contributed by atoms with E-state index in [0.717, 1.165) is 44.3 Å². The molecule has 1 aromatic rings. The summed E-state index contributed by atoms with van der Waals surface area (Å²) in [6.45, 7) is 2.95. The molecule has 24 heavy (non-hydrogen) atoms. The van der Waals surface area contributed by atoms with Crippen LogP contribution in [0.25, 0.3) is 0 Å². The van der Waals surface area contributed by atoms with Gasteiger partial charge < -0.3 is 14.4 Å². The van der Waals surface area contributed by atoms with Crippen LogP contribution in [0.2, 0.25) is 0 Å². The summed E-state index contributed by atoms with van der Waals surface area (Å²) >= 11 is 0. The largest absolute Gasteiger partial charge is 0.372 e. The zero-order valence-electron chi connectivity index (χ0n) is 14.2. The lowest BCUT2D eigenvalue weighted by atomic mass is 9.88. The van der Waals surface area contributed by atoms with Crippen LogP contribution in [-0.2, 0) is 20.9 Å². The fraction of sp³-hybridized carbons (Fsp3) is 0.684. The van der Waals surface area contributed by atoms with Gasteiger partial charge in [-0.05, 0) is 49.3 Å². The van der Waals surface area contributed by atoms with Crippen molar-refractivity contribution in [1.29, 1.82) is 0 Å². The van der Waals surface area contributed by atoms with E-state index in [1.54, 1.807) is 12.4 Å². The molecule has 3 heterocycles. The molecular weight excluding hydrogens is 304 g/mol. The number of piperidine rings is 1. The van der Waals surface area contributed by atoms with Crippen LogP contribution in [0, 0.1) is 5.92 Å². The number of hydrogen-bond donors (Lipinski definition) is 0. The Kier molecular flexibility index (Phi) is 4.55. The normalized spacial score (nSPS) is 26.0. The first kappa shape index (κ1) is 16.0. The molecule has 3 fully saturated rings. The Bertz CT molecular complexity index is 565. The van der Waals surface area contributed by atoms with Gasteiger partial charge in [-0.2, -0.15) is 0 Å². The van der Waals surface area contributed by atoms with Gasteiger partial charge in [-0.25, -0.2) is 0 Å². The van der Waals surface area contributed by atoms with Gasteiger partial charge in [-0.15, -0.1) is 0 Å². The quantitative estimate of drug-likeness (QED) is 0.832. The van der Waals surface area contributed by atoms with Crippen LogP contribution in [0.15, 0.2) is 24.5 Å². The van der Waals surface area contributed by atoms with Crippen molar-refractivity contribution < 1.29 is 14.3 Å². The molecular formula is C19H26N2O3. The van der Waals surface area contributed by atoms with Crippen molar-refractivity contribution >= 4 is 5.91 Å². The molecule has 0 radical (unpaired) electrons. The van der Waals surface area contributed by atoms with E-state index >= 15 is 0 Å². The minimum absolute atomic E-state index is 0.0702. The fourth-order valence-corrected chi connectivity index (χ4v) is 3.81. The molecule has 0 bridgehead atoms. The van der Waals surface area contributed by atoms with Gasteiger partial charge in [0.15, 0.2) is 0 Å². The van der Waals surface area contributed by atoms with Crippen molar-refractivity contribution in [2.45, 2.75) is 56.8 Å². The molecule has 1 saturated carbocycles. The highest BCUT2D eigenvalue weighted by atomic mass is 16.6. The Morgan fingerprint density at radius 1 is 1.29 bits per heavy atom. The predicted molar refractivity (Wildman–Crippen MR) is 89.3 cm³/mol. The number of rotatable bonds is 5. The van der Waals surface area contributed by atoms with E-state index in [1.165, 1.54) is 12.8 Å². The predicted octanol–water partition coefficient (Wildman–Crippen LogP) is 2.55. The lowest BCUT2D eigenvalue weighted by Crippen LogP contribution is -2.46. The van der Waals surface area contributed by atoms with E-state index in [9.17, 15) is 4.79 Å². The number of amides is 1. The lowest BCUT2D eigenvalue weighted by molar-refractivity contribution is -0.136. The number of hydrogen-bond acceptors (Lipinski definition) is 4. The van der Waals surface area contributed by atoms with E-state index in [2.05, 4.69) is 4.98 Å². The Labute approximate surface area is 143 Å². The summed E-state index contributed by atoms with van der Waals surface area (Å²) in [7, 11) is 0. The molecule has 0 N–H and O–H groups in total. The van der Waals surface area contributed by atoms with Crippen molar-refractivity contribution in [3.8, 4) is 0 Å². The smallest absolute Gasteiger partial charge is 0.222 e. The Balaban J connectivity index is 1.23. The van der Waals surface area contributed by atoms with Crippen LogP contribution in [0.1, 0.15) is 44.1 Å². The average molecular weight is 330 g/mol. The number of carbonyl (C=O) groups is 1. The highest BCUT2D eigenvalue weighted by Crippen LogP contribution is 2.38. The number of likely N-dealkylation sites (tertiary alicyclic amines) is 1. The molecule has 0 unspecified atom stereocenters. The highest BCUT2D eigenvalue weighted by molar-refractivity contribution is 5.76. The van der Waals surface area contributed by atoms with Gasteiger partial charge in [0, 0.05) is 38.3 Å².